The molecule has 4 nitrogen and oxygen atoms in total. The number of hydrogen-bond donors (Lipinski definition) is 1. The summed E-state index contributed by atoms with van der Waals surface area (Å²) in [4.78, 5) is 16.8. The molecule has 1 aliphatic carbocycles. The van der Waals surface area contributed by atoms with Crippen LogP contribution in [0.4, 0.5) is 0 Å². The Kier molecular flexibility index (Phi) is 4.85. The van der Waals surface area contributed by atoms with Crippen LogP contribution in [0, 0.1) is 11.8 Å². The van der Waals surface area contributed by atoms with Crippen molar-refractivity contribution < 1.29 is 4.79 Å². The molecular formula is C15H29N3O. The van der Waals surface area contributed by atoms with E-state index in [-0.39, 0.29) is 17.9 Å². The summed E-state index contributed by atoms with van der Waals surface area (Å²) >= 11 is 0. The number of carbonyl (C=O) groups excluding carboxylic acids is 1. The third kappa shape index (κ3) is 3.93. The zero-order valence-electron chi connectivity index (χ0n) is 12.6. The number of amides is 1. The highest BCUT2D eigenvalue weighted by atomic mass is 16.2. The van der Waals surface area contributed by atoms with Crippen LogP contribution in [-0.4, -0.2) is 54.5 Å². The molecule has 1 unspecified atom stereocenters. The molecule has 19 heavy (non-hydrogen) atoms. The standard InChI is InChI=1S/C15H29N3O/c1-11(2)14(16)15(19)18-8-4-5-12(10-18)9-17(3)13-6-7-13/h11-14H,4-10,16H2,1-3H3/t12?,14-/m0/s1. The molecule has 0 aromatic heterocycles. The predicted octanol–water partition coefficient (Wildman–Crippen LogP) is 1.30. The Labute approximate surface area is 117 Å². The Morgan fingerprint density at radius 2 is 2.05 bits per heavy atom. The van der Waals surface area contributed by atoms with Crippen molar-refractivity contribution in [3.63, 3.8) is 0 Å². The summed E-state index contributed by atoms with van der Waals surface area (Å²) in [5, 5.41) is 0. The maximum Gasteiger partial charge on any atom is 0.239 e. The molecule has 0 radical (unpaired) electrons. The second-order valence-corrected chi connectivity index (χ2v) is 6.73. The van der Waals surface area contributed by atoms with Crippen LogP contribution in [0.3, 0.4) is 0 Å². The van der Waals surface area contributed by atoms with Crippen LogP contribution in [-0.2, 0) is 4.79 Å². The summed E-state index contributed by atoms with van der Waals surface area (Å²) in [6.45, 7) is 6.96. The van der Waals surface area contributed by atoms with Gasteiger partial charge in [-0.15, -0.1) is 0 Å². The largest absolute Gasteiger partial charge is 0.341 e. The lowest BCUT2D eigenvalue weighted by Crippen LogP contribution is -2.51. The lowest BCUT2D eigenvalue weighted by atomic mass is 9.95. The molecule has 2 atom stereocenters. The molecule has 1 saturated carbocycles. The summed E-state index contributed by atoms with van der Waals surface area (Å²) < 4.78 is 0. The van der Waals surface area contributed by atoms with Gasteiger partial charge in [-0.2, -0.15) is 0 Å². The monoisotopic (exact) mass is 267 g/mol. The summed E-state index contributed by atoms with van der Waals surface area (Å²) in [6.07, 6.45) is 5.08. The first-order valence-electron chi connectivity index (χ1n) is 7.73. The predicted molar refractivity (Wildman–Crippen MR) is 77.8 cm³/mol. The average Bonchev–Trinajstić information content (AvgIpc) is 3.21. The molecule has 0 aromatic carbocycles. The molecule has 2 aliphatic rings. The van der Waals surface area contributed by atoms with Gasteiger partial charge in [0, 0.05) is 25.7 Å². The van der Waals surface area contributed by atoms with Gasteiger partial charge in [0.2, 0.25) is 5.91 Å². The van der Waals surface area contributed by atoms with Crippen LogP contribution in [0.1, 0.15) is 39.5 Å². The van der Waals surface area contributed by atoms with E-state index >= 15 is 0 Å². The Morgan fingerprint density at radius 3 is 2.63 bits per heavy atom. The van der Waals surface area contributed by atoms with Crippen LogP contribution in [0.2, 0.25) is 0 Å². The normalized spacial score (nSPS) is 26.0. The zero-order chi connectivity index (χ0) is 14.0. The molecule has 1 heterocycles. The maximum atomic E-state index is 12.3. The van der Waals surface area contributed by atoms with Crippen molar-refractivity contribution in [2.24, 2.45) is 17.6 Å². The summed E-state index contributed by atoms with van der Waals surface area (Å²) in [7, 11) is 2.22. The fourth-order valence-corrected chi connectivity index (χ4v) is 2.98. The van der Waals surface area contributed by atoms with Gasteiger partial charge in [-0.3, -0.25) is 4.79 Å². The summed E-state index contributed by atoms with van der Waals surface area (Å²) in [5.41, 5.74) is 5.99. The van der Waals surface area contributed by atoms with E-state index in [0.29, 0.717) is 5.92 Å². The Hall–Kier alpha value is -0.610. The fraction of sp³-hybridized carbons (Fsp3) is 0.933. The second kappa shape index (κ2) is 6.23. The molecular weight excluding hydrogens is 238 g/mol. The van der Waals surface area contributed by atoms with Gasteiger partial charge < -0.3 is 15.5 Å². The van der Waals surface area contributed by atoms with E-state index in [0.717, 1.165) is 32.1 Å². The van der Waals surface area contributed by atoms with Crippen molar-refractivity contribution >= 4 is 5.91 Å². The van der Waals surface area contributed by atoms with Gasteiger partial charge in [-0.25, -0.2) is 0 Å². The van der Waals surface area contributed by atoms with Gasteiger partial charge >= 0.3 is 0 Å². The van der Waals surface area contributed by atoms with E-state index in [4.69, 9.17) is 5.73 Å². The molecule has 1 aliphatic heterocycles. The number of nitrogens with two attached hydrogens (primary N) is 1. The lowest BCUT2D eigenvalue weighted by molar-refractivity contribution is -0.135. The number of carbonyl (C=O) groups is 1. The molecule has 0 aromatic rings. The Balaban J connectivity index is 1.83. The molecule has 2 rings (SSSR count). The van der Waals surface area contributed by atoms with Crippen molar-refractivity contribution in [1.29, 1.82) is 0 Å². The quantitative estimate of drug-likeness (QED) is 0.817. The van der Waals surface area contributed by atoms with Crippen LogP contribution in [0.5, 0.6) is 0 Å². The summed E-state index contributed by atoms with van der Waals surface area (Å²) in [6, 6.07) is 0.476. The van der Waals surface area contributed by atoms with Crippen molar-refractivity contribution in [3.05, 3.63) is 0 Å². The van der Waals surface area contributed by atoms with Crippen LogP contribution in [0.15, 0.2) is 0 Å². The molecule has 2 fully saturated rings. The SMILES string of the molecule is CC(C)[C@H](N)C(=O)N1CCCC(CN(C)C2CC2)C1. The van der Waals surface area contributed by atoms with E-state index in [2.05, 4.69) is 11.9 Å². The third-order valence-corrected chi connectivity index (χ3v) is 4.55. The molecule has 2 N–H and O–H groups in total. The highest BCUT2D eigenvalue weighted by molar-refractivity contribution is 5.82. The number of hydrogen-bond acceptors (Lipinski definition) is 3. The van der Waals surface area contributed by atoms with Gasteiger partial charge in [0.05, 0.1) is 6.04 Å². The van der Waals surface area contributed by atoms with Crippen molar-refractivity contribution in [2.75, 3.05) is 26.7 Å². The minimum atomic E-state index is -0.333. The first-order valence-corrected chi connectivity index (χ1v) is 7.73. The maximum absolute atomic E-state index is 12.3. The Bertz CT molecular complexity index is 315. The average molecular weight is 267 g/mol. The number of piperidine rings is 1. The molecule has 0 bridgehead atoms. The molecule has 4 heteroatoms. The van der Waals surface area contributed by atoms with E-state index in [1.54, 1.807) is 0 Å². The van der Waals surface area contributed by atoms with Crippen molar-refractivity contribution in [3.8, 4) is 0 Å². The van der Waals surface area contributed by atoms with E-state index in [1.807, 2.05) is 18.7 Å². The minimum Gasteiger partial charge on any atom is -0.341 e. The van der Waals surface area contributed by atoms with Gasteiger partial charge in [0.15, 0.2) is 0 Å². The summed E-state index contributed by atoms with van der Waals surface area (Å²) in [5.74, 6) is 0.999. The van der Waals surface area contributed by atoms with Gasteiger partial charge in [0.1, 0.15) is 0 Å². The fourth-order valence-electron chi connectivity index (χ4n) is 2.98. The van der Waals surface area contributed by atoms with E-state index in [9.17, 15) is 4.79 Å². The van der Waals surface area contributed by atoms with Crippen LogP contribution < -0.4 is 5.73 Å². The Morgan fingerprint density at radius 1 is 1.37 bits per heavy atom. The van der Waals surface area contributed by atoms with Gasteiger partial charge in [-0.05, 0) is 44.6 Å². The number of likely N-dealkylation sites (tertiary alicyclic amines) is 1. The first-order chi connectivity index (χ1) is 8.99. The van der Waals surface area contributed by atoms with Crippen molar-refractivity contribution in [1.82, 2.24) is 9.80 Å². The lowest BCUT2D eigenvalue weighted by Gasteiger charge is -2.36. The third-order valence-electron chi connectivity index (χ3n) is 4.55. The first kappa shape index (κ1) is 14.8. The smallest absolute Gasteiger partial charge is 0.239 e. The minimum absolute atomic E-state index is 0.147. The zero-order valence-corrected chi connectivity index (χ0v) is 12.6. The highest BCUT2D eigenvalue weighted by Gasteiger charge is 2.32. The molecule has 110 valence electrons. The van der Waals surface area contributed by atoms with E-state index in [1.165, 1.54) is 19.3 Å². The second-order valence-electron chi connectivity index (χ2n) is 6.73. The molecule has 1 saturated heterocycles. The topological polar surface area (TPSA) is 49.6 Å². The van der Waals surface area contributed by atoms with Gasteiger partial charge in [0.25, 0.3) is 0 Å². The molecule has 1 amide bonds. The van der Waals surface area contributed by atoms with Gasteiger partial charge in [-0.1, -0.05) is 13.8 Å². The highest BCUT2D eigenvalue weighted by Crippen LogP contribution is 2.27. The van der Waals surface area contributed by atoms with E-state index < -0.39 is 0 Å². The van der Waals surface area contributed by atoms with Crippen molar-refractivity contribution in [2.45, 2.75) is 51.6 Å². The van der Waals surface area contributed by atoms with Crippen LogP contribution in [0.25, 0.3) is 0 Å². The molecule has 0 spiro atoms. The van der Waals surface area contributed by atoms with Crippen LogP contribution >= 0.6 is 0 Å². The number of rotatable bonds is 5. The number of nitrogens with zero attached hydrogens (tertiary/aromatic N) is 2.